The minimum atomic E-state index is -0.916. The van der Waals surface area contributed by atoms with Gasteiger partial charge in [0.1, 0.15) is 0 Å². The van der Waals surface area contributed by atoms with Crippen LogP contribution in [0.3, 0.4) is 0 Å². The van der Waals surface area contributed by atoms with Gasteiger partial charge < -0.3 is 15.1 Å². The highest BCUT2D eigenvalue weighted by Crippen LogP contribution is 2.22. The van der Waals surface area contributed by atoms with Crippen LogP contribution in [0.1, 0.15) is 18.4 Å². The first-order chi connectivity index (χ1) is 8.56. The maximum Gasteiger partial charge on any atom is 0.407 e. The molecule has 2 N–H and O–H groups in total. The number of aliphatic hydroxyl groups excluding tert-OH is 1. The molecule has 1 fully saturated rings. The molecular formula is C13H16ClNO3. The monoisotopic (exact) mass is 269 g/mol. The second kappa shape index (κ2) is 5.59. The molecule has 1 heterocycles. The zero-order valence-corrected chi connectivity index (χ0v) is 10.7. The Kier molecular flexibility index (Phi) is 4.09. The van der Waals surface area contributed by atoms with Gasteiger partial charge in [-0.2, -0.15) is 0 Å². The Morgan fingerprint density at radius 2 is 2.06 bits per heavy atom. The number of aliphatic hydroxyl groups is 1. The molecule has 0 saturated carbocycles. The van der Waals surface area contributed by atoms with Gasteiger partial charge >= 0.3 is 6.09 Å². The van der Waals surface area contributed by atoms with Crippen LogP contribution in [0.4, 0.5) is 4.79 Å². The van der Waals surface area contributed by atoms with Crippen molar-refractivity contribution in [2.24, 2.45) is 0 Å². The van der Waals surface area contributed by atoms with Crippen molar-refractivity contribution >= 4 is 17.7 Å². The molecule has 0 aromatic heterocycles. The zero-order valence-electron chi connectivity index (χ0n) is 9.92. The molecule has 4 nitrogen and oxygen atoms in total. The maximum absolute atomic E-state index is 11.1. The van der Waals surface area contributed by atoms with Crippen molar-refractivity contribution in [3.8, 4) is 0 Å². The number of nitrogens with zero attached hydrogens (tertiary/aromatic N) is 1. The summed E-state index contributed by atoms with van der Waals surface area (Å²) >= 11 is 5.81. The molecule has 1 aromatic carbocycles. The maximum atomic E-state index is 11.1. The fourth-order valence-corrected chi connectivity index (χ4v) is 2.49. The standard InChI is InChI=1S/C13H16ClNO3/c14-10-3-1-9(2-4-10)7-11-8-12(16)5-6-15(11)13(17)18/h1-4,11-12,16H,5-8H2,(H,17,18)/t11-,12-/m0/s1. The SMILES string of the molecule is O=C(O)N1CC[C@H](O)C[C@@H]1Cc1ccc(Cl)cc1. The lowest BCUT2D eigenvalue weighted by Crippen LogP contribution is -2.48. The molecule has 0 radical (unpaired) electrons. The quantitative estimate of drug-likeness (QED) is 0.867. The van der Waals surface area contributed by atoms with Gasteiger partial charge in [-0.15, -0.1) is 0 Å². The lowest BCUT2D eigenvalue weighted by Gasteiger charge is -2.36. The van der Waals surface area contributed by atoms with Crippen LogP contribution in [-0.4, -0.2) is 39.9 Å². The Balaban J connectivity index is 2.08. The van der Waals surface area contributed by atoms with Crippen molar-refractivity contribution in [2.75, 3.05) is 6.54 Å². The van der Waals surface area contributed by atoms with Crippen LogP contribution in [0.2, 0.25) is 5.02 Å². The fraction of sp³-hybridized carbons (Fsp3) is 0.462. The Bertz CT molecular complexity index is 421. The summed E-state index contributed by atoms with van der Waals surface area (Å²) in [5, 5.41) is 19.5. The van der Waals surface area contributed by atoms with Crippen LogP contribution >= 0.6 is 11.6 Å². The number of hydrogen-bond acceptors (Lipinski definition) is 2. The van der Waals surface area contributed by atoms with Crippen molar-refractivity contribution in [2.45, 2.75) is 31.4 Å². The summed E-state index contributed by atoms with van der Waals surface area (Å²) in [4.78, 5) is 12.6. The molecule has 5 heteroatoms. The lowest BCUT2D eigenvalue weighted by atomic mass is 9.94. The Morgan fingerprint density at radius 3 is 2.67 bits per heavy atom. The van der Waals surface area contributed by atoms with E-state index in [1.54, 1.807) is 12.1 Å². The highest BCUT2D eigenvalue weighted by molar-refractivity contribution is 6.30. The number of rotatable bonds is 2. The normalized spacial score (nSPS) is 24.0. The van der Waals surface area contributed by atoms with Gasteiger partial charge in [0.25, 0.3) is 0 Å². The van der Waals surface area contributed by atoms with Crippen LogP contribution in [-0.2, 0) is 6.42 Å². The van der Waals surface area contributed by atoms with E-state index in [0.717, 1.165) is 5.56 Å². The third kappa shape index (κ3) is 3.15. The highest BCUT2D eigenvalue weighted by atomic mass is 35.5. The number of hydrogen-bond donors (Lipinski definition) is 2. The highest BCUT2D eigenvalue weighted by Gasteiger charge is 2.30. The predicted octanol–water partition coefficient (Wildman–Crippen LogP) is 2.39. The van der Waals surface area contributed by atoms with E-state index in [1.165, 1.54) is 4.90 Å². The second-order valence-electron chi connectivity index (χ2n) is 4.64. The van der Waals surface area contributed by atoms with Gasteiger partial charge in [0.05, 0.1) is 6.10 Å². The minimum Gasteiger partial charge on any atom is -0.465 e. The van der Waals surface area contributed by atoms with Gasteiger partial charge in [0, 0.05) is 17.6 Å². The molecule has 1 amide bonds. The Morgan fingerprint density at radius 1 is 1.39 bits per heavy atom. The average molecular weight is 270 g/mol. The average Bonchev–Trinajstić information content (AvgIpc) is 2.32. The number of carboxylic acid groups (broad SMARTS) is 1. The molecule has 0 spiro atoms. The summed E-state index contributed by atoms with van der Waals surface area (Å²) in [5.41, 5.74) is 1.03. The van der Waals surface area contributed by atoms with Crippen LogP contribution in [0, 0.1) is 0 Å². The largest absolute Gasteiger partial charge is 0.465 e. The van der Waals surface area contributed by atoms with Gasteiger partial charge in [-0.05, 0) is 37.0 Å². The molecule has 1 saturated heterocycles. The van der Waals surface area contributed by atoms with Crippen molar-refractivity contribution in [1.82, 2.24) is 4.90 Å². The van der Waals surface area contributed by atoms with Gasteiger partial charge in [0.15, 0.2) is 0 Å². The minimum absolute atomic E-state index is 0.160. The number of benzene rings is 1. The van der Waals surface area contributed by atoms with Gasteiger partial charge in [-0.1, -0.05) is 23.7 Å². The van der Waals surface area contributed by atoms with E-state index >= 15 is 0 Å². The third-order valence-corrected chi connectivity index (χ3v) is 3.57. The van der Waals surface area contributed by atoms with Crippen LogP contribution in [0.25, 0.3) is 0 Å². The molecular weight excluding hydrogens is 254 g/mol. The summed E-state index contributed by atoms with van der Waals surface area (Å²) in [5.74, 6) is 0. The molecule has 1 aliphatic rings. The van der Waals surface area contributed by atoms with E-state index in [2.05, 4.69) is 0 Å². The van der Waals surface area contributed by atoms with Gasteiger partial charge in [-0.25, -0.2) is 4.79 Å². The van der Waals surface area contributed by atoms with Crippen molar-refractivity contribution in [1.29, 1.82) is 0 Å². The second-order valence-corrected chi connectivity index (χ2v) is 5.08. The van der Waals surface area contributed by atoms with Gasteiger partial charge in [0.2, 0.25) is 0 Å². The smallest absolute Gasteiger partial charge is 0.407 e. The molecule has 18 heavy (non-hydrogen) atoms. The number of carbonyl (C=O) groups is 1. The lowest BCUT2D eigenvalue weighted by molar-refractivity contribution is 0.0431. The number of halogens is 1. The molecule has 1 aromatic rings. The Labute approximate surface area is 111 Å². The van der Waals surface area contributed by atoms with E-state index in [9.17, 15) is 9.90 Å². The summed E-state index contributed by atoms with van der Waals surface area (Å²) in [6.07, 6.45) is 0.303. The third-order valence-electron chi connectivity index (χ3n) is 3.32. The molecule has 0 aliphatic carbocycles. The first-order valence-electron chi connectivity index (χ1n) is 5.98. The molecule has 0 unspecified atom stereocenters. The summed E-state index contributed by atoms with van der Waals surface area (Å²) in [7, 11) is 0. The van der Waals surface area contributed by atoms with E-state index in [0.29, 0.717) is 30.8 Å². The molecule has 2 rings (SSSR count). The van der Waals surface area contributed by atoms with E-state index in [-0.39, 0.29) is 6.04 Å². The fourth-order valence-electron chi connectivity index (χ4n) is 2.37. The van der Waals surface area contributed by atoms with E-state index in [1.807, 2.05) is 12.1 Å². The number of amides is 1. The predicted molar refractivity (Wildman–Crippen MR) is 68.9 cm³/mol. The number of likely N-dealkylation sites (tertiary alicyclic amines) is 1. The summed E-state index contributed by atoms with van der Waals surface area (Å²) in [6, 6.07) is 7.21. The van der Waals surface area contributed by atoms with Crippen molar-refractivity contribution in [3.63, 3.8) is 0 Å². The van der Waals surface area contributed by atoms with Crippen molar-refractivity contribution < 1.29 is 15.0 Å². The van der Waals surface area contributed by atoms with Crippen LogP contribution in [0.5, 0.6) is 0 Å². The number of piperidine rings is 1. The topological polar surface area (TPSA) is 60.8 Å². The summed E-state index contributed by atoms with van der Waals surface area (Å²) in [6.45, 7) is 0.398. The molecule has 1 aliphatic heterocycles. The first-order valence-corrected chi connectivity index (χ1v) is 6.36. The van der Waals surface area contributed by atoms with Gasteiger partial charge in [-0.3, -0.25) is 0 Å². The van der Waals surface area contributed by atoms with E-state index in [4.69, 9.17) is 16.7 Å². The molecule has 98 valence electrons. The van der Waals surface area contributed by atoms with E-state index < -0.39 is 12.2 Å². The molecule has 0 bridgehead atoms. The first kappa shape index (κ1) is 13.2. The van der Waals surface area contributed by atoms with Crippen molar-refractivity contribution in [3.05, 3.63) is 34.9 Å². The Hall–Kier alpha value is -1.26. The zero-order chi connectivity index (χ0) is 13.1. The summed E-state index contributed by atoms with van der Waals surface area (Å²) < 4.78 is 0. The van der Waals surface area contributed by atoms with Crippen LogP contribution < -0.4 is 0 Å². The molecule has 2 atom stereocenters. The van der Waals surface area contributed by atoms with Crippen LogP contribution in [0.15, 0.2) is 24.3 Å².